The van der Waals surface area contributed by atoms with E-state index >= 15 is 0 Å². The van der Waals surface area contributed by atoms with Gasteiger partial charge in [0, 0.05) is 12.5 Å². The van der Waals surface area contributed by atoms with E-state index in [1.807, 2.05) is 31.2 Å². The summed E-state index contributed by atoms with van der Waals surface area (Å²) >= 11 is 0. The molecule has 2 rings (SSSR count). The van der Waals surface area contributed by atoms with E-state index in [0.717, 1.165) is 15.9 Å². The van der Waals surface area contributed by atoms with Gasteiger partial charge in [-0.25, -0.2) is 0 Å². The Kier molecular flexibility index (Phi) is 3.71. The number of rotatable bonds is 2. The average molecular weight is 271 g/mol. The molecule has 0 radical (unpaired) electrons. The van der Waals surface area contributed by atoms with Crippen molar-refractivity contribution in [1.29, 1.82) is 0 Å². The van der Waals surface area contributed by atoms with Crippen molar-refractivity contribution in [2.75, 3.05) is 0 Å². The quantitative estimate of drug-likeness (QED) is 0.852. The Labute approximate surface area is 119 Å². The second-order valence-corrected chi connectivity index (χ2v) is 6.26. The summed E-state index contributed by atoms with van der Waals surface area (Å²) in [5, 5.41) is 9.88. The van der Waals surface area contributed by atoms with Gasteiger partial charge in [0.1, 0.15) is 0 Å². The van der Waals surface area contributed by atoms with E-state index in [1.165, 1.54) is 11.6 Å². The Bertz CT molecular complexity index is 678. The van der Waals surface area contributed by atoms with E-state index in [4.69, 9.17) is 0 Å². The molecule has 0 aliphatic heterocycles. The Morgan fingerprint density at radius 2 is 1.80 bits per heavy atom. The van der Waals surface area contributed by atoms with Gasteiger partial charge >= 0.3 is 0 Å². The summed E-state index contributed by atoms with van der Waals surface area (Å²) in [6.45, 7) is 8.34. The molecule has 0 unspecified atom stereocenters. The monoisotopic (exact) mass is 271 g/mol. The number of nitrogens with zero attached hydrogens (tertiary/aromatic N) is 1. The van der Waals surface area contributed by atoms with Crippen LogP contribution in [0.15, 0.2) is 41.2 Å². The second-order valence-electron chi connectivity index (χ2n) is 6.26. The first-order chi connectivity index (χ1) is 9.29. The van der Waals surface area contributed by atoms with Crippen LogP contribution in [0.2, 0.25) is 0 Å². The molecule has 3 heteroatoms. The van der Waals surface area contributed by atoms with E-state index in [0.29, 0.717) is 12.1 Å². The summed E-state index contributed by atoms with van der Waals surface area (Å²) in [5.74, 6) is 0. The molecule has 0 bridgehead atoms. The molecule has 3 nitrogen and oxygen atoms in total. The Morgan fingerprint density at radius 1 is 1.15 bits per heavy atom. The lowest BCUT2D eigenvalue weighted by molar-refractivity contribution is 0.166. The van der Waals surface area contributed by atoms with Crippen molar-refractivity contribution in [3.05, 3.63) is 69.1 Å². The Hall–Kier alpha value is -2.03. The molecule has 0 fully saturated rings. The largest absolute Gasteiger partial charge is 0.425 e. The van der Waals surface area contributed by atoms with Gasteiger partial charge in [-0.2, -0.15) is 4.73 Å². The average Bonchev–Trinajstić information content (AvgIpc) is 2.34. The van der Waals surface area contributed by atoms with Crippen LogP contribution in [0.1, 0.15) is 43.2 Å². The first-order valence-electron chi connectivity index (χ1n) is 6.79. The number of pyridine rings is 1. The second kappa shape index (κ2) is 5.16. The normalized spacial score (nSPS) is 11.6. The summed E-state index contributed by atoms with van der Waals surface area (Å²) in [6.07, 6.45) is 0.543. The van der Waals surface area contributed by atoms with Crippen LogP contribution in [0, 0.1) is 6.92 Å². The molecule has 0 atom stereocenters. The highest BCUT2D eigenvalue weighted by molar-refractivity contribution is 5.36. The maximum atomic E-state index is 11.6. The summed E-state index contributed by atoms with van der Waals surface area (Å²) < 4.78 is 0.742. The lowest BCUT2D eigenvalue weighted by atomic mass is 9.82. The molecule has 1 aromatic carbocycles. The van der Waals surface area contributed by atoms with Crippen LogP contribution < -0.4 is 5.56 Å². The van der Waals surface area contributed by atoms with Crippen LogP contribution in [-0.4, -0.2) is 9.94 Å². The van der Waals surface area contributed by atoms with Gasteiger partial charge in [0.05, 0.1) is 5.69 Å². The zero-order chi connectivity index (χ0) is 14.9. The molecule has 106 valence electrons. The number of benzene rings is 1. The lowest BCUT2D eigenvalue weighted by Crippen LogP contribution is -2.22. The maximum absolute atomic E-state index is 11.6. The third-order valence-electron chi connectivity index (χ3n) is 3.42. The van der Waals surface area contributed by atoms with Crippen LogP contribution in [0.25, 0.3) is 0 Å². The first kappa shape index (κ1) is 14.4. The van der Waals surface area contributed by atoms with E-state index in [2.05, 4.69) is 26.8 Å². The first-order valence-corrected chi connectivity index (χ1v) is 6.79. The van der Waals surface area contributed by atoms with E-state index in [9.17, 15) is 10.0 Å². The van der Waals surface area contributed by atoms with Crippen LogP contribution in [0.4, 0.5) is 0 Å². The molecule has 0 amide bonds. The van der Waals surface area contributed by atoms with E-state index in [1.54, 1.807) is 0 Å². The number of hydrogen-bond donors (Lipinski definition) is 1. The van der Waals surface area contributed by atoms with Gasteiger partial charge in [-0.3, -0.25) is 4.79 Å². The Balaban J connectivity index is 2.49. The third kappa shape index (κ3) is 2.93. The van der Waals surface area contributed by atoms with Gasteiger partial charge in [-0.1, -0.05) is 45.0 Å². The summed E-state index contributed by atoms with van der Waals surface area (Å²) in [5.41, 5.74) is 3.49. The SMILES string of the molecule is Cc1cc(Cc2ccccc2C(C)(C)C)n(O)c(=O)c1. The highest BCUT2D eigenvalue weighted by Gasteiger charge is 2.18. The van der Waals surface area contributed by atoms with Gasteiger partial charge in [0.25, 0.3) is 5.56 Å². The zero-order valence-electron chi connectivity index (χ0n) is 12.5. The zero-order valence-corrected chi connectivity index (χ0v) is 12.5. The fraction of sp³-hybridized carbons (Fsp3) is 0.353. The lowest BCUT2D eigenvalue weighted by Gasteiger charge is -2.23. The van der Waals surface area contributed by atoms with Gasteiger partial charge in [0.2, 0.25) is 0 Å². The van der Waals surface area contributed by atoms with E-state index in [-0.39, 0.29) is 11.0 Å². The van der Waals surface area contributed by atoms with Crippen molar-refractivity contribution in [1.82, 2.24) is 4.73 Å². The minimum absolute atomic E-state index is 0.0288. The number of aromatic nitrogens is 1. The molecule has 20 heavy (non-hydrogen) atoms. The predicted molar refractivity (Wildman–Crippen MR) is 80.6 cm³/mol. The van der Waals surface area contributed by atoms with E-state index < -0.39 is 0 Å². The molecule has 1 aromatic heterocycles. The fourth-order valence-corrected chi connectivity index (χ4v) is 2.49. The molecule has 0 saturated carbocycles. The molecule has 1 heterocycles. The predicted octanol–water partition coefficient (Wildman–Crippen LogP) is 3.28. The molecule has 2 aromatic rings. The Morgan fingerprint density at radius 3 is 2.45 bits per heavy atom. The van der Waals surface area contributed by atoms with Crippen molar-refractivity contribution < 1.29 is 5.21 Å². The summed E-state index contributed by atoms with van der Waals surface area (Å²) in [7, 11) is 0. The highest BCUT2D eigenvalue weighted by atomic mass is 16.5. The van der Waals surface area contributed by atoms with Crippen LogP contribution >= 0.6 is 0 Å². The van der Waals surface area contributed by atoms with Gasteiger partial charge in [-0.05, 0) is 35.1 Å². The van der Waals surface area contributed by atoms with Crippen LogP contribution in [0.3, 0.4) is 0 Å². The highest BCUT2D eigenvalue weighted by Crippen LogP contribution is 2.27. The van der Waals surface area contributed by atoms with Gasteiger partial charge in [0.15, 0.2) is 0 Å². The van der Waals surface area contributed by atoms with Crippen molar-refractivity contribution >= 4 is 0 Å². The molecule has 0 aliphatic carbocycles. The smallest absolute Gasteiger partial charge is 0.283 e. The molecular formula is C17H21NO2. The van der Waals surface area contributed by atoms with Crippen molar-refractivity contribution in [2.45, 2.75) is 39.5 Å². The van der Waals surface area contributed by atoms with Crippen LogP contribution in [0.5, 0.6) is 0 Å². The minimum atomic E-state index is -0.381. The van der Waals surface area contributed by atoms with Crippen molar-refractivity contribution in [2.24, 2.45) is 0 Å². The minimum Gasteiger partial charge on any atom is -0.425 e. The fourth-order valence-electron chi connectivity index (χ4n) is 2.49. The van der Waals surface area contributed by atoms with Gasteiger partial charge in [-0.15, -0.1) is 0 Å². The topological polar surface area (TPSA) is 42.2 Å². The maximum Gasteiger partial charge on any atom is 0.283 e. The summed E-state index contributed by atoms with van der Waals surface area (Å²) in [4.78, 5) is 11.6. The molecule has 0 saturated heterocycles. The molecular weight excluding hydrogens is 250 g/mol. The number of hydrogen-bond acceptors (Lipinski definition) is 2. The van der Waals surface area contributed by atoms with Crippen molar-refractivity contribution in [3.63, 3.8) is 0 Å². The summed E-state index contributed by atoms with van der Waals surface area (Å²) in [6, 6.07) is 11.4. The third-order valence-corrected chi connectivity index (χ3v) is 3.42. The molecule has 0 spiro atoms. The van der Waals surface area contributed by atoms with Crippen molar-refractivity contribution in [3.8, 4) is 0 Å². The standard InChI is InChI=1S/C17H21NO2/c1-12-9-14(18(20)16(19)10-12)11-13-7-5-6-8-15(13)17(2,3)4/h5-10,20H,11H2,1-4H3. The van der Waals surface area contributed by atoms with Gasteiger partial charge < -0.3 is 5.21 Å². The molecule has 1 N–H and O–H groups in total. The van der Waals surface area contributed by atoms with Crippen LogP contribution in [-0.2, 0) is 11.8 Å². The molecule has 0 aliphatic rings. The number of aryl methyl sites for hydroxylation is 1.